The van der Waals surface area contributed by atoms with Gasteiger partial charge in [-0.2, -0.15) is 0 Å². The zero-order valence-electron chi connectivity index (χ0n) is 25.9. The molecule has 0 spiro atoms. The maximum Gasteiger partial charge on any atom is 0.331 e. The van der Waals surface area contributed by atoms with Crippen molar-refractivity contribution in [2.45, 2.75) is 38.6 Å². The highest BCUT2D eigenvalue weighted by Crippen LogP contribution is 2.49. The van der Waals surface area contributed by atoms with E-state index in [0.717, 1.165) is 16.3 Å². The molecule has 5 aromatic rings. The monoisotopic (exact) mass is 607 g/mol. The highest BCUT2D eigenvalue weighted by Gasteiger charge is 2.50. The summed E-state index contributed by atoms with van der Waals surface area (Å²) in [5, 5.41) is 2.69. The lowest BCUT2D eigenvalue weighted by Gasteiger charge is -2.43. The zero-order valence-corrected chi connectivity index (χ0v) is 25.9. The molecule has 0 aliphatic carbocycles. The first-order chi connectivity index (χ1) is 21.5. The predicted molar refractivity (Wildman–Crippen MR) is 172 cm³/mol. The van der Waals surface area contributed by atoms with Crippen LogP contribution < -0.4 is 19.6 Å². The number of aromatic nitrogens is 1. The second-order valence-electron chi connectivity index (χ2n) is 11.5. The van der Waals surface area contributed by atoms with Crippen LogP contribution in [0.15, 0.2) is 77.6 Å². The third kappa shape index (κ3) is 5.24. The van der Waals surface area contributed by atoms with Crippen molar-refractivity contribution in [1.82, 2.24) is 4.57 Å². The first-order valence-electron chi connectivity index (χ1n) is 14.5. The highest BCUT2D eigenvalue weighted by atomic mass is 16.6. The summed E-state index contributed by atoms with van der Waals surface area (Å²) in [5.41, 5.74) is 0.915. The number of ether oxygens (including phenoxy) is 5. The van der Waals surface area contributed by atoms with E-state index < -0.39 is 29.7 Å². The van der Waals surface area contributed by atoms with E-state index in [9.17, 15) is 14.4 Å². The summed E-state index contributed by atoms with van der Waals surface area (Å²) in [6.07, 6.45) is 0.754. The molecule has 0 fully saturated rings. The number of esters is 2. The molecular formula is C36H33NO8. The average Bonchev–Trinajstić information content (AvgIpc) is 3.02. The second kappa shape index (κ2) is 11.3. The molecule has 0 bridgehead atoms. The number of carbonyl (C=O) groups excluding carboxylic acids is 2. The van der Waals surface area contributed by atoms with Gasteiger partial charge in [0.15, 0.2) is 12.2 Å². The Morgan fingerprint density at radius 3 is 2.27 bits per heavy atom. The van der Waals surface area contributed by atoms with E-state index in [1.54, 1.807) is 45.2 Å². The van der Waals surface area contributed by atoms with E-state index in [1.807, 2.05) is 60.1 Å². The second-order valence-corrected chi connectivity index (χ2v) is 11.5. The summed E-state index contributed by atoms with van der Waals surface area (Å²) >= 11 is 0. The Kier molecular flexibility index (Phi) is 7.48. The zero-order chi connectivity index (χ0) is 32.0. The van der Waals surface area contributed by atoms with E-state index >= 15 is 0 Å². The number of pyridine rings is 1. The van der Waals surface area contributed by atoms with Crippen molar-refractivity contribution in [3.63, 3.8) is 0 Å². The molecule has 1 aliphatic heterocycles. The summed E-state index contributed by atoms with van der Waals surface area (Å²) in [4.78, 5) is 40.0. The van der Waals surface area contributed by atoms with E-state index in [4.69, 9.17) is 23.7 Å². The SMILES string of the molecule is COc1ccc(/C=C/C(=O)O[C@@H]2[C@H](OC(C)=O)c3c(cc(OC)c4c(=O)c5cc6ccccc6cc5n(C)c34)OC2(C)C)cc1. The molecule has 2 heterocycles. The van der Waals surface area contributed by atoms with E-state index in [1.165, 1.54) is 20.1 Å². The molecule has 1 aliphatic rings. The maximum atomic E-state index is 14.2. The molecule has 6 rings (SSSR count). The van der Waals surface area contributed by atoms with Gasteiger partial charge in [-0.15, -0.1) is 0 Å². The fourth-order valence-corrected chi connectivity index (χ4v) is 6.07. The minimum atomic E-state index is -1.14. The number of aryl methyl sites for hydroxylation is 1. The summed E-state index contributed by atoms with van der Waals surface area (Å²) in [6, 6.07) is 20.4. The molecule has 9 heteroatoms. The van der Waals surface area contributed by atoms with Crippen LogP contribution in [-0.2, 0) is 26.1 Å². The van der Waals surface area contributed by atoms with Crippen molar-refractivity contribution >= 4 is 50.6 Å². The van der Waals surface area contributed by atoms with Gasteiger partial charge in [0.1, 0.15) is 22.8 Å². The number of carbonyl (C=O) groups is 2. The quantitative estimate of drug-likeness (QED) is 0.127. The molecule has 0 saturated carbocycles. The van der Waals surface area contributed by atoms with Gasteiger partial charge in [0.25, 0.3) is 0 Å². The third-order valence-electron chi connectivity index (χ3n) is 8.20. The molecule has 9 nitrogen and oxygen atoms in total. The Hall–Kier alpha value is -5.31. The topological polar surface area (TPSA) is 102 Å². The van der Waals surface area contributed by atoms with Crippen molar-refractivity contribution < 1.29 is 33.3 Å². The number of methoxy groups -OCH3 is 2. The van der Waals surface area contributed by atoms with E-state index in [2.05, 4.69) is 0 Å². The van der Waals surface area contributed by atoms with Crippen LogP contribution in [0.25, 0.3) is 38.7 Å². The maximum absolute atomic E-state index is 14.2. The van der Waals surface area contributed by atoms with Gasteiger partial charge >= 0.3 is 11.9 Å². The molecule has 230 valence electrons. The van der Waals surface area contributed by atoms with Crippen LogP contribution in [0.4, 0.5) is 0 Å². The summed E-state index contributed by atoms with van der Waals surface area (Å²) in [7, 11) is 4.90. The smallest absolute Gasteiger partial charge is 0.331 e. The van der Waals surface area contributed by atoms with Crippen molar-refractivity contribution in [3.05, 3.63) is 94.2 Å². The number of benzene rings is 4. The highest BCUT2D eigenvalue weighted by molar-refractivity contribution is 6.04. The average molecular weight is 608 g/mol. The minimum Gasteiger partial charge on any atom is -0.497 e. The van der Waals surface area contributed by atoms with Crippen LogP contribution in [-0.4, -0.2) is 42.4 Å². The minimum absolute atomic E-state index is 0.245. The van der Waals surface area contributed by atoms with Crippen LogP contribution in [0.2, 0.25) is 0 Å². The molecule has 2 atom stereocenters. The van der Waals surface area contributed by atoms with Crippen molar-refractivity contribution in [2.24, 2.45) is 7.05 Å². The Labute approximate surface area is 259 Å². The first-order valence-corrected chi connectivity index (χ1v) is 14.5. The Bertz CT molecular complexity index is 2070. The van der Waals surface area contributed by atoms with Gasteiger partial charge in [-0.1, -0.05) is 36.4 Å². The molecule has 45 heavy (non-hydrogen) atoms. The van der Waals surface area contributed by atoms with Crippen LogP contribution in [0.5, 0.6) is 17.2 Å². The molecule has 4 aromatic carbocycles. The predicted octanol–water partition coefficient (Wildman–Crippen LogP) is 6.26. The molecule has 0 radical (unpaired) electrons. The fraction of sp³-hybridized carbons (Fsp3) is 0.250. The Morgan fingerprint density at radius 2 is 1.62 bits per heavy atom. The normalized spacial score (nSPS) is 17.2. The third-order valence-corrected chi connectivity index (χ3v) is 8.20. The molecule has 0 saturated heterocycles. The Morgan fingerprint density at radius 1 is 0.933 bits per heavy atom. The van der Waals surface area contributed by atoms with Crippen LogP contribution in [0, 0.1) is 0 Å². The number of nitrogens with zero attached hydrogens (tertiary/aromatic N) is 1. The number of fused-ring (bicyclic) bond motifs is 5. The first kappa shape index (κ1) is 29.7. The number of hydrogen-bond donors (Lipinski definition) is 0. The Balaban J connectivity index is 1.54. The van der Waals surface area contributed by atoms with Crippen molar-refractivity contribution in [2.75, 3.05) is 14.2 Å². The number of hydrogen-bond acceptors (Lipinski definition) is 8. The molecular weight excluding hydrogens is 574 g/mol. The van der Waals surface area contributed by atoms with E-state index in [-0.39, 0.29) is 5.43 Å². The lowest BCUT2D eigenvalue weighted by atomic mass is 9.86. The lowest BCUT2D eigenvalue weighted by Crippen LogP contribution is -2.52. The summed E-state index contributed by atoms with van der Waals surface area (Å²) in [5.74, 6) is 0.121. The molecule has 0 N–H and O–H groups in total. The lowest BCUT2D eigenvalue weighted by molar-refractivity contribution is -0.185. The van der Waals surface area contributed by atoms with Gasteiger partial charge in [0.05, 0.1) is 36.2 Å². The molecule has 1 aromatic heterocycles. The van der Waals surface area contributed by atoms with E-state index in [0.29, 0.717) is 44.6 Å². The van der Waals surface area contributed by atoms with Crippen molar-refractivity contribution in [3.8, 4) is 17.2 Å². The van der Waals surface area contributed by atoms with Gasteiger partial charge in [0, 0.05) is 31.5 Å². The van der Waals surface area contributed by atoms with Crippen LogP contribution in [0.3, 0.4) is 0 Å². The van der Waals surface area contributed by atoms with Crippen LogP contribution >= 0.6 is 0 Å². The van der Waals surface area contributed by atoms with Crippen LogP contribution in [0.1, 0.15) is 38.0 Å². The molecule has 0 amide bonds. The number of rotatable bonds is 6. The van der Waals surface area contributed by atoms with Gasteiger partial charge in [-0.05, 0) is 60.5 Å². The van der Waals surface area contributed by atoms with Crippen molar-refractivity contribution in [1.29, 1.82) is 0 Å². The summed E-state index contributed by atoms with van der Waals surface area (Å²) in [6.45, 7) is 4.79. The van der Waals surface area contributed by atoms with Gasteiger partial charge < -0.3 is 28.3 Å². The van der Waals surface area contributed by atoms with Gasteiger partial charge in [-0.3, -0.25) is 9.59 Å². The standard InChI is InChI=1S/C36H33NO8/c1-20(38)43-34-31-28(45-36(2,3)35(34)44-29(39)16-13-21-11-14-24(41-5)15-12-21)19-27(42-6)30-32(31)37(4)26-18-23-10-8-7-9-22(23)17-25(26)33(30)40/h7-19,34-35H,1-6H3/b16-13+/t34-,35-/m1/s1. The molecule has 0 unspecified atom stereocenters. The fourth-order valence-electron chi connectivity index (χ4n) is 6.07. The van der Waals surface area contributed by atoms with Gasteiger partial charge in [-0.25, -0.2) is 4.79 Å². The largest absolute Gasteiger partial charge is 0.497 e. The summed E-state index contributed by atoms with van der Waals surface area (Å²) < 4.78 is 31.2. The van der Waals surface area contributed by atoms with Gasteiger partial charge in [0.2, 0.25) is 5.43 Å².